The zero-order valence-electron chi connectivity index (χ0n) is 9.76. The largest absolute Gasteiger partial charge is 0.327 e. The molecule has 84 valence electrons. The summed E-state index contributed by atoms with van der Waals surface area (Å²) in [5.74, 6) is 0.374. The molecule has 0 aliphatic heterocycles. The number of aryl methyl sites for hydroxylation is 2. The van der Waals surface area contributed by atoms with Gasteiger partial charge in [-0.25, -0.2) is 4.39 Å². The van der Waals surface area contributed by atoms with E-state index in [9.17, 15) is 4.39 Å². The molecule has 2 N–H and O–H groups in total. The number of nitrogens with two attached hydrogens (primary N) is 1. The Hall–Kier alpha value is -0.890. The number of hydrogen-bond acceptors (Lipinski definition) is 1. The molecule has 0 aliphatic rings. The molecule has 0 spiro atoms. The molecule has 1 aromatic rings. The number of rotatable bonds is 4. The third-order valence-electron chi connectivity index (χ3n) is 2.85. The van der Waals surface area contributed by atoms with Crippen molar-refractivity contribution in [2.45, 2.75) is 39.7 Å². The minimum atomic E-state index is -0.132. The van der Waals surface area contributed by atoms with Gasteiger partial charge in [-0.2, -0.15) is 0 Å². The third-order valence-corrected chi connectivity index (χ3v) is 2.85. The van der Waals surface area contributed by atoms with Gasteiger partial charge >= 0.3 is 0 Å². The van der Waals surface area contributed by atoms with Crippen LogP contribution in [-0.2, 0) is 6.42 Å². The molecule has 0 fully saturated rings. The van der Waals surface area contributed by atoms with E-state index < -0.39 is 0 Å². The number of hydrogen-bond donors (Lipinski definition) is 1. The molecule has 1 atom stereocenters. The predicted molar refractivity (Wildman–Crippen MR) is 62.3 cm³/mol. The Morgan fingerprint density at radius 2 is 2.00 bits per heavy atom. The first-order chi connectivity index (χ1) is 7.00. The molecule has 0 bridgehead atoms. The van der Waals surface area contributed by atoms with Crippen molar-refractivity contribution in [2.75, 3.05) is 0 Å². The van der Waals surface area contributed by atoms with Crippen molar-refractivity contribution in [1.29, 1.82) is 0 Å². The van der Waals surface area contributed by atoms with Crippen molar-refractivity contribution in [3.8, 4) is 0 Å². The van der Waals surface area contributed by atoms with E-state index in [1.54, 1.807) is 6.92 Å². The van der Waals surface area contributed by atoms with Gasteiger partial charge < -0.3 is 5.73 Å². The molecular weight excluding hydrogens is 189 g/mol. The monoisotopic (exact) mass is 209 g/mol. The zero-order chi connectivity index (χ0) is 11.4. The maximum absolute atomic E-state index is 13.0. The molecule has 1 rings (SSSR count). The molecule has 1 aromatic carbocycles. The molecule has 0 aliphatic carbocycles. The molecule has 1 nitrogen and oxygen atoms in total. The highest BCUT2D eigenvalue weighted by atomic mass is 19.1. The SMILES string of the molecule is Cc1cc(CCC(N)C(C)C)ccc1F. The Morgan fingerprint density at radius 3 is 2.53 bits per heavy atom. The Kier molecular flexibility index (Phi) is 4.28. The topological polar surface area (TPSA) is 26.0 Å². The van der Waals surface area contributed by atoms with Crippen LogP contribution in [0.25, 0.3) is 0 Å². The lowest BCUT2D eigenvalue weighted by atomic mass is 9.97. The maximum atomic E-state index is 13.0. The molecule has 15 heavy (non-hydrogen) atoms. The van der Waals surface area contributed by atoms with Gasteiger partial charge in [-0.05, 0) is 42.9 Å². The van der Waals surface area contributed by atoms with Crippen LogP contribution in [0.3, 0.4) is 0 Å². The van der Waals surface area contributed by atoms with Crippen molar-refractivity contribution in [1.82, 2.24) is 0 Å². The van der Waals surface area contributed by atoms with E-state index in [1.165, 1.54) is 11.6 Å². The Balaban J connectivity index is 2.55. The Labute approximate surface area is 91.5 Å². The van der Waals surface area contributed by atoms with E-state index in [4.69, 9.17) is 5.73 Å². The fourth-order valence-corrected chi connectivity index (χ4v) is 1.53. The van der Waals surface area contributed by atoms with Crippen LogP contribution in [0.2, 0.25) is 0 Å². The Morgan fingerprint density at radius 1 is 1.33 bits per heavy atom. The normalized spacial score (nSPS) is 13.2. The quantitative estimate of drug-likeness (QED) is 0.810. The van der Waals surface area contributed by atoms with Crippen LogP contribution in [-0.4, -0.2) is 6.04 Å². The lowest BCUT2D eigenvalue weighted by Gasteiger charge is -2.15. The molecule has 2 heteroatoms. The molecule has 1 unspecified atom stereocenters. The second-order valence-electron chi connectivity index (χ2n) is 4.53. The minimum absolute atomic E-state index is 0.132. The second-order valence-corrected chi connectivity index (χ2v) is 4.53. The summed E-state index contributed by atoms with van der Waals surface area (Å²) in [5.41, 5.74) is 7.84. The van der Waals surface area contributed by atoms with Crippen molar-refractivity contribution in [3.05, 3.63) is 35.1 Å². The fraction of sp³-hybridized carbons (Fsp3) is 0.538. The fourth-order valence-electron chi connectivity index (χ4n) is 1.53. The molecule has 0 amide bonds. The molecule has 0 radical (unpaired) electrons. The molecule has 0 aromatic heterocycles. The summed E-state index contributed by atoms with van der Waals surface area (Å²) in [6.07, 6.45) is 1.89. The van der Waals surface area contributed by atoms with Crippen molar-refractivity contribution >= 4 is 0 Å². The summed E-state index contributed by atoms with van der Waals surface area (Å²) >= 11 is 0. The number of halogens is 1. The highest BCUT2D eigenvalue weighted by Gasteiger charge is 2.07. The summed E-state index contributed by atoms with van der Waals surface area (Å²) in [7, 11) is 0. The minimum Gasteiger partial charge on any atom is -0.327 e. The smallest absolute Gasteiger partial charge is 0.126 e. The van der Waals surface area contributed by atoms with Gasteiger partial charge in [-0.3, -0.25) is 0 Å². The lowest BCUT2D eigenvalue weighted by Crippen LogP contribution is -2.26. The maximum Gasteiger partial charge on any atom is 0.126 e. The van der Waals surface area contributed by atoms with Crippen LogP contribution in [0.5, 0.6) is 0 Å². The van der Waals surface area contributed by atoms with Crippen LogP contribution in [0.4, 0.5) is 4.39 Å². The van der Waals surface area contributed by atoms with E-state index >= 15 is 0 Å². The first kappa shape index (κ1) is 12.2. The zero-order valence-corrected chi connectivity index (χ0v) is 9.76. The van der Waals surface area contributed by atoms with Crippen LogP contribution in [0, 0.1) is 18.7 Å². The van der Waals surface area contributed by atoms with Crippen LogP contribution in [0.1, 0.15) is 31.4 Å². The summed E-state index contributed by atoms with van der Waals surface area (Å²) in [6.45, 7) is 6.04. The number of benzene rings is 1. The standard InChI is InChI=1S/C13H20FN/c1-9(2)13(15)7-5-11-4-6-12(14)10(3)8-11/h4,6,8-9,13H,5,7,15H2,1-3H3. The molecule has 0 saturated heterocycles. The third kappa shape index (κ3) is 3.63. The molecular formula is C13H20FN. The summed E-state index contributed by atoms with van der Waals surface area (Å²) in [6, 6.07) is 5.51. The van der Waals surface area contributed by atoms with Crippen molar-refractivity contribution in [2.24, 2.45) is 11.7 Å². The van der Waals surface area contributed by atoms with Crippen LogP contribution >= 0.6 is 0 Å². The molecule has 0 heterocycles. The van der Waals surface area contributed by atoms with Crippen molar-refractivity contribution < 1.29 is 4.39 Å². The van der Waals surface area contributed by atoms with E-state index in [-0.39, 0.29) is 11.9 Å². The highest BCUT2D eigenvalue weighted by Crippen LogP contribution is 2.13. The van der Waals surface area contributed by atoms with E-state index in [1.807, 2.05) is 12.1 Å². The van der Waals surface area contributed by atoms with Crippen molar-refractivity contribution in [3.63, 3.8) is 0 Å². The average Bonchev–Trinajstić information content (AvgIpc) is 2.19. The van der Waals surface area contributed by atoms with E-state index in [0.717, 1.165) is 12.8 Å². The lowest BCUT2D eigenvalue weighted by molar-refractivity contribution is 0.464. The Bertz CT molecular complexity index is 320. The van der Waals surface area contributed by atoms with Gasteiger partial charge in [-0.1, -0.05) is 26.0 Å². The average molecular weight is 209 g/mol. The summed E-state index contributed by atoms with van der Waals surface area (Å²) in [4.78, 5) is 0. The first-order valence-electron chi connectivity index (χ1n) is 5.51. The second kappa shape index (κ2) is 5.26. The van der Waals surface area contributed by atoms with Gasteiger partial charge in [-0.15, -0.1) is 0 Å². The van der Waals surface area contributed by atoms with Gasteiger partial charge in [0, 0.05) is 6.04 Å². The van der Waals surface area contributed by atoms with E-state index in [2.05, 4.69) is 13.8 Å². The van der Waals surface area contributed by atoms with Gasteiger partial charge in [0.05, 0.1) is 0 Å². The van der Waals surface area contributed by atoms with Crippen LogP contribution < -0.4 is 5.73 Å². The first-order valence-corrected chi connectivity index (χ1v) is 5.51. The summed E-state index contributed by atoms with van der Waals surface area (Å²) < 4.78 is 13.0. The van der Waals surface area contributed by atoms with Gasteiger partial charge in [0.15, 0.2) is 0 Å². The van der Waals surface area contributed by atoms with E-state index in [0.29, 0.717) is 11.5 Å². The molecule has 0 saturated carbocycles. The van der Waals surface area contributed by atoms with Gasteiger partial charge in [0.1, 0.15) is 5.82 Å². The summed E-state index contributed by atoms with van der Waals surface area (Å²) in [5, 5.41) is 0. The van der Waals surface area contributed by atoms with Gasteiger partial charge in [0.25, 0.3) is 0 Å². The van der Waals surface area contributed by atoms with Gasteiger partial charge in [0.2, 0.25) is 0 Å². The van der Waals surface area contributed by atoms with Crippen LogP contribution in [0.15, 0.2) is 18.2 Å². The highest BCUT2D eigenvalue weighted by molar-refractivity contribution is 5.24. The predicted octanol–water partition coefficient (Wildman–Crippen LogP) is 3.05.